The van der Waals surface area contributed by atoms with Crippen LogP contribution >= 0.6 is 0 Å². The average Bonchev–Trinajstić information content (AvgIpc) is 3.88. The minimum Gasteiger partial charge on any atom is -0.367 e. The van der Waals surface area contributed by atoms with Crippen molar-refractivity contribution in [3.8, 4) is 0 Å². The summed E-state index contributed by atoms with van der Waals surface area (Å²) in [5.41, 5.74) is 3.80. The smallest absolute Gasteiger partial charge is 0.329 e. The number of hydrogen-bond acceptors (Lipinski definition) is 11. The van der Waals surface area contributed by atoms with Crippen molar-refractivity contribution in [1.29, 1.82) is 0 Å². The summed E-state index contributed by atoms with van der Waals surface area (Å²) in [7, 11) is 5.21. The standard InChI is InChI=1S/C39H45FN12O4/c1-46(2)37(55)30-17-23-19-42-38(45-35(23)51(30)24-7-4-5-8-24)43-32-18-26(40)31(20-41-32)49-15-13-48(14-16-49)25-21-50(22-25)27-9-6-10-28-34(27)47(3)39(56)52(28)29-11-12-33(53)44-36(29)54/h6,9-10,17-20,24-25,29H,4-5,7-8,11-16,21-22H2,1-3H3,(H,44,53,54)(H,41,42,43,45)/t29-/m0/s1. The first kappa shape index (κ1) is 35.8. The van der Waals surface area contributed by atoms with E-state index < -0.39 is 11.9 Å². The Balaban J connectivity index is 0.844. The van der Waals surface area contributed by atoms with Gasteiger partial charge in [0.2, 0.25) is 17.8 Å². The Labute approximate surface area is 321 Å². The molecule has 3 saturated heterocycles. The van der Waals surface area contributed by atoms with Gasteiger partial charge in [0.15, 0.2) is 5.82 Å². The first-order valence-corrected chi connectivity index (χ1v) is 19.4. The molecule has 1 aromatic carbocycles. The number of rotatable bonds is 8. The van der Waals surface area contributed by atoms with Crippen molar-refractivity contribution in [2.45, 2.75) is 56.7 Å². The number of nitrogens with zero attached hydrogens (tertiary/aromatic N) is 10. The number of piperidine rings is 1. The predicted molar refractivity (Wildman–Crippen MR) is 209 cm³/mol. The number of aryl methyl sites for hydroxylation is 1. The third kappa shape index (κ3) is 6.13. The lowest BCUT2D eigenvalue weighted by atomic mass is 10.0. The van der Waals surface area contributed by atoms with Crippen LogP contribution in [0.1, 0.15) is 61.1 Å². The second-order valence-corrected chi connectivity index (χ2v) is 15.6. The second kappa shape index (κ2) is 14.0. The highest BCUT2D eigenvalue weighted by atomic mass is 19.1. The van der Waals surface area contributed by atoms with E-state index in [1.807, 2.05) is 33.7 Å². The summed E-state index contributed by atoms with van der Waals surface area (Å²) < 4.78 is 20.8. The molecule has 0 bridgehead atoms. The minimum atomic E-state index is -0.730. The SMILES string of the molecule is CN(C)C(=O)c1cc2cnc(Nc3cc(F)c(N4CCN(C5CN(c6cccc7c6n(C)c(=O)n7[C@H]6CCC(=O)NC6=O)C5)CC4)cn3)nc2n1C1CCCC1. The molecule has 1 aliphatic carbocycles. The molecule has 3 amide bonds. The number of hydrogen-bond donors (Lipinski definition) is 2. The Kier molecular flexibility index (Phi) is 8.98. The molecule has 3 aliphatic heterocycles. The molecule has 5 aromatic rings. The molecule has 4 aliphatic rings. The van der Waals surface area contributed by atoms with Crippen LogP contribution < -0.4 is 26.1 Å². The van der Waals surface area contributed by atoms with Crippen LogP contribution in [0.5, 0.6) is 0 Å². The number of aromatic nitrogens is 6. The highest BCUT2D eigenvalue weighted by molar-refractivity contribution is 6.01. The van der Waals surface area contributed by atoms with Crippen LogP contribution in [0, 0.1) is 5.82 Å². The lowest BCUT2D eigenvalue weighted by Crippen LogP contribution is -2.63. The topological polar surface area (TPSA) is 159 Å². The van der Waals surface area contributed by atoms with Gasteiger partial charge in [-0.05, 0) is 37.5 Å². The fraction of sp³-hybridized carbons (Fsp3) is 0.462. The molecule has 1 saturated carbocycles. The number of halogens is 1. The van der Waals surface area contributed by atoms with Crippen molar-refractivity contribution in [2.75, 3.05) is 68.5 Å². The van der Waals surface area contributed by atoms with E-state index in [9.17, 15) is 19.2 Å². The van der Waals surface area contributed by atoms with Crippen LogP contribution in [0.2, 0.25) is 0 Å². The molecule has 56 heavy (non-hydrogen) atoms. The summed E-state index contributed by atoms with van der Waals surface area (Å²) in [6.07, 6.45) is 7.90. The van der Waals surface area contributed by atoms with Gasteiger partial charge < -0.3 is 24.6 Å². The number of pyridine rings is 1. The van der Waals surface area contributed by atoms with E-state index >= 15 is 4.39 Å². The quantitative estimate of drug-likeness (QED) is 0.224. The summed E-state index contributed by atoms with van der Waals surface area (Å²) in [6, 6.07) is 8.74. The van der Waals surface area contributed by atoms with E-state index in [1.54, 1.807) is 43.0 Å². The van der Waals surface area contributed by atoms with E-state index in [0.717, 1.165) is 68.5 Å². The molecule has 0 radical (unpaired) electrons. The molecule has 0 unspecified atom stereocenters. The van der Waals surface area contributed by atoms with Gasteiger partial charge in [0.1, 0.15) is 23.2 Å². The van der Waals surface area contributed by atoms with Gasteiger partial charge in [-0.3, -0.25) is 33.7 Å². The van der Waals surface area contributed by atoms with Gasteiger partial charge in [-0.15, -0.1) is 0 Å². The van der Waals surface area contributed by atoms with Crippen molar-refractivity contribution < 1.29 is 18.8 Å². The van der Waals surface area contributed by atoms with E-state index in [2.05, 4.69) is 30.4 Å². The Morgan fingerprint density at radius 2 is 1.68 bits per heavy atom. The van der Waals surface area contributed by atoms with Crippen molar-refractivity contribution in [1.82, 2.24) is 43.8 Å². The number of anilines is 4. The van der Waals surface area contributed by atoms with E-state index in [1.165, 1.54) is 10.6 Å². The maximum atomic E-state index is 15.7. The van der Waals surface area contributed by atoms with Crippen LogP contribution in [0.4, 0.5) is 27.5 Å². The van der Waals surface area contributed by atoms with Crippen LogP contribution in [0.25, 0.3) is 22.1 Å². The van der Waals surface area contributed by atoms with Gasteiger partial charge in [0.05, 0.1) is 28.6 Å². The zero-order chi connectivity index (χ0) is 38.8. The molecule has 16 nitrogen and oxygen atoms in total. The highest BCUT2D eigenvalue weighted by Crippen LogP contribution is 2.36. The average molecular weight is 765 g/mol. The zero-order valence-electron chi connectivity index (χ0n) is 31.7. The predicted octanol–water partition coefficient (Wildman–Crippen LogP) is 3.17. The second-order valence-electron chi connectivity index (χ2n) is 15.6. The fourth-order valence-electron chi connectivity index (χ4n) is 8.95. The van der Waals surface area contributed by atoms with Crippen LogP contribution in [0.3, 0.4) is 0 Å². The maximum Gasteiger partial charge on any atom is 0.329 e. The lowest BCUT2D eigenvalue weighted by molar-refractivity contribution is -0.135. The Morgan fingerprint density at radius 3 is 2.39 bits per heavy atom. The van der Waals surface area contributed by atoms with Gasteiger partial charge in [-0.25, -0.2) is 19.2 Å². The van der Waals surface area contributed by atoms with E-state index in [0.29, 0.717) is 47.5 Å². The molecule has 1 atom stereocenters. The van der Waals surface area contributed by atoms with Crippen molar-refractivity contribution in [3.05, 3.63) is 64.7 Å². The molecule has 4 aromatic heterocycles. The number of nitrogens with one attached hydrogen (secondary N) is 2. The highest BCUT2D eigenvalue weighted by Gasteiger charge is 2.37. The lowest BCUT2D eigenvalue weighted by Gasteiger charge is -2.49. The number of carbonyl (C=O) groups excluding carboxylic acids is 3. The molecular formula is C39H45FN12O4. The van der Waals surface area contributed by atoms with Gasteiger partial charge >= 0.3 is 5.69 Å². The number of carbonyl (C=O) groups is 3. The molecule has 2 N–H and O–H groups in total. The normalized spacial score (nSPS) is 19.9. The van der Waals surface area contributed by atoms with Crippen molar-refractivity contribution in [2.24, 2.45) is 7.05 Å². The van der Waals surface area contributed by atoms with Gasteiger partial charge in [-0.1, -0.05) is 18.9 Å². The number of para-hydroxylation sites is 1. The summed E-state index contributed by atoms with van der Waals surface area (Å²) in [5, 5.41) is 6.23. The van der Waals surface area contributed by atoms with Crippen LogP contribution in [-0.2, 0) is 16.6 Å². The van der Waals surface area contributed by atoms with E-state index in [-0.39, 0.29) is 48.2 Å². The molecule has 9 rings (SSSR count). The minimum absolute atomic E-state index is 0.0809. The summed E-state index contributed by atoms with van der Waals surface area (Å²) in [6.45, 7) is 4.37. The molecular weight excluding hydrogens is 720 g/mol. The number of imidazole rings is 1. The van der Waals surface area contributed by atoms with Gasteiger partial charge in [-0.2, -0.15) is 4.98 Å². The third-order valence-electron chi connectivity index (χ3n) is 11.9. The Hall–Kier alpha value is -5.84. The van der Waals surface area contributed by atoms with Crippen LogP contribution in [0.15, 0.2) is 47.5 Å². The molecule has 292 valence electrons. The largest absolute Gasteiger partial charge is 0.367 e. The van der Waals surface area contributed by atoms with E-state index in [4.69, 9.17) is 4.98 Å². The Bertz CT molecular complexity index is 2440. The zero-order valence-corrected chi connectivity index (χ0v) is 31.7. The van der Waals surface area contributed by atoms with Gasteiger partial charge in [0, 0.05) is 96.6 Å². The number of amides is 3. The monoisotopic (exact) mass is 764 g/mol. The van der Waals surface area contributed by atoms with Crippen molar-refractivity contribution >= 4 is 62.9 Å². The number of benzene rings is 1. The molecule has 0 spiro atoms. The first-order valence-electron chi connectivity index (χ1n) is 19.4. The summed E-state index contributed by atoms with van der Waals surface area (Å²) in [4.78, 5) is 72.9. The number of imide groups is 1. The van der Waals surface area contributed by atoms with Crippen LogP contribution in [-0.4, -0.2) is 116 Å². The summed E-state index contributed by atoms with van der Waals surface area (Å²) >= 11 is 0. The Morgan fingerprint density at radius 1 is 0.911 bits per heavy atom. The van der Waals surface area contributed by atoms with Gasteiger partial charge in [0.25, 0.3) is 5.91 Å². The summed E-state index contributed by atoms with van der Waals surface area (Å²) in [5.74, 6) is -0.656. The number of piperazine rings is 1. The molecule has 4 fully saturated rings. The molecule has 7 heterocycles. The fourth-order valence-corrected chi connectivity index (χ4v) is 8.95. The maximum absolute atomic E-state index is 15.7. The molecule has 17 heteroatoms. The van der Waals surface area contributed by atoms with Crippen molar-refractivity contribution in [3.63, 3.8) is 0 Å². The number of fused-ring (bicyclic) bond motifs is 2. The first-order chi connectivity index (χ1) is 27.0. The third-order valence-corrected chi connectivity index (χ3v) is 11.9.